The minimum atomic E-state index is -0.139. The van der Waals surface area contributed by atoms with E-state index < -0.39 is 0 Å². The molecule has 1 aliphatic rings. The standard InChI is InChI=1S/C11H10O3/c1-7(12)8-4-5-10-9(11(8)13)3-2-6-14-10/h2,4-6,13H,3H2,1H3. The summed E-state index contributed by atoms with van der Waals surface area (Å²) in [5, 5.41) is 9.77. The highest BCUT2D eigenvalue weighted by Gasteiger charge is 2.16. The summed E-state index contributed by atoms with van der Waals surface area (Å²) in [7, 11) is 0. The summed E-state index contributed by atoms with van der Waals surface area (Å²) in [6.45, 7) is 1.43. The third kappa shape index (κ3) is 1.27. The van der Waals surface area contributed by atoms with Crippen LogP contribution in [0.4, 0.5) is 0 Å². The Morgan fingerprint density at radius 2 is 2.29 bits per heavy atom. The summed E-state index contributed by atoms with van der Waals surface area (Å²) in [5.74, 6) is 0.522. The van der Waals surface area contributed by atoms with Crippen molar-refractivity contribution in [3.63, 3.8) is 0 Å². The smallest absolute Gasteiger partial charge is 0.163 e. The molecule has 0 radical (unpaired) electrons. The van der Waals surface area contributed by atoms with E-state index in [1.54, 1.807) is 24.5 Å². The number of hydrogen-bond donors (Lipinski definition) is 1. The summed E-state index contributed by atoms with van der Waals surface area (Å²) in [6, 6.07) is 3.28. The van der Waals surface area contributed by atoms with Gasteiger partial charge in [0.05, 0.1) is 11.8 Å². The van der Waals surface area contributed by atoms with Crippen molar-refractivity contribution in [3.05, 3.63) is 35.6 Å². The number of rotatable bonds is 1. The maximum atomic E-state index is 11.1. The summed E-state index contributed by atoms with van der Waals surface area (Å²) in [6.07, 6.45) is 3.98. The van der Waals surface area contributed by atoms with Crippen LogP contribution < -0.4 is 4.74 Å². The number of fused-ring (bicyclic) bond motifs is 1. The molecule has 2 rings (SSSR count). The highest BCUT2D eigenvalue weighted by molar-refractivity contribution is 5.97. The molecule has 0 saturated heterocycles. The first-order chi connectivity index (χ1) is 6.70. The van der Waals surface area contributed by atoms with Crippen molar-refractivity contribution < 1.29 is 14.6 Å². The minimum Gasteiger partial charge on any atom is -0.507 e. The molecule has 0 bridgehead atoms. The molecule has 1 heterocycles. The number of ketones is 1. The van der Waals surface area contributed by atoms with Crippen LogP contribution in [0.5, 0.6) is 11.5 Å². The van der Waals surface area contributed by atoms with Crippen molar-refractivity contribution in [2.75, 3.05) is 0 Å². The number of aromatic hydroxyl groups is 1. The van der Waals surface area contributed by atoms with Crippen molar-refractivity contribution in [3.8, 4) is 11.5 Å². The molecule has 0 atom stereocenters. The monoisotopic (exact) mass is 190 g/mol. The van der Waals surface area contributed by atoms with Crippen LogP contribution in [0.3, 0.4) is 0 Å². The first-order valence-electron chi connectivity index (χ1n) is 4.37. The second kappa shape index (κ2) is 3.18. The summed E-state index contributed by atoms with van der Waals surface area (Å²) in [4.78, 5) is 11.1. The van der Waals surface area contributed by atoms with Gasteiger partial charge in [0.2, 0.25) is 0 Å². The average Bonchev–Trinajstić information content (AvgIpc) is 2.18. The number of allylic oxidation sites excluding steroid dienone is 1. The number of benzene rings is 1. The minimum absolute atomic E-state index is 0.0411. The summed E-state index contributed by atoms with van der Waals surface area (Å²) in [5.41, 5.74) is 1.03. The number of Topliss-reactive ketones (excluding diaryl/α,β-unsaturated/α-hetero) is 1. The lowest BCUT2D eigenvalue weighted by Gasteiger charge is -2.14. The fourth-order valence-electron chi connectivity index (χ4n) is 1.50. The van der Waals surface area contributed by atoms with Gasteiger partial charge >= 0.3 is 0 Å². The topological polar surface area (TPSA) is 46.5 Å². The van der Waals surface area contributed by atoms with Crippen LogP contribution in [-0.4, -0.2) is 10.9 Å². The lowest BCUT2D eigenvalue weighted by atomic mass is 10.0. The van der Waals surface area contributed by atoms with E-state index in [-0.39, 0.29) is 11.5 Å². The van der Waals surface area contributed by atoms with E-state index in [9.17, 15) is 9.90 Å². The van der Waals surface area contributed by atoms with Gasteiger partial charge in [-0.1, -0.05) is 0 Å². The molecule has 1 aromatic carbocycles. The second-order valence-corrected chi connectivity index (χ2v) is 3.19. The first-order valence-corrected chi connectivity index (χ1v) is 4.37. The van der Waals surface area contributed by atoms with Gasteiger partial charge in [-0.2, -0.15) is 0 Å². The number of carbonyl (C=O) groups is 1. The van der Waals surface area contributed by atoms with Crippen molar-refractivity contribution in [2.24, 2.45) is 0 Å². The third-order valence-electron chi connectivity index (χ3n) is 2.23. The number of hydrogen-bond acceptors (Lipinski definition) is 3. The van der Waals surface area contributed by atoms with Crippen LogP contribution >= 0.6 is 0 Å². The quantitative estimate of drug-likeness (QED) is 0.689. The van der Waals surface area contributed by atoms with Gasteiger partial charge in [-0.25, -0.2) is 0 Å². The Bertz CT molecular complexity index is 419. The van der Waals surface area contributed by atoms with Gasteiger partial charge in [-0.15, -0.1) is 0 Å². The van der Waals surface area contributed by atoms with Crippen LogP contribution in [0.2, 0.25) is 0 Å². The molecule has 0 saturated carbocycles. The lowest BCUT2D eigenvalue weighted by Crippen LogP contribution is -2.01. The zero-order chi connectivity index (χ0) is 10.1. The van der Waals surface area contributed by atoms with E-state index in [2.05, 4.69) is 0 Å². The largest absolute Gasteiger partial charge is 0.507 e. The predicted molar refractivity (Wildman–Crippen MR) is 51.6 cm³/mol. The Hall–Kier alpha value is -1.77. The van der Waals surface area contributed by atoms with Crippen LogP contribution in [0.25, 0.3) is 0 Å². The van der Waals surface area contributed by atoms with Crippen LogP contribution in [0.1, 0.15) is 22.8 Å². The highest BCUT2D eigenvalue weighted by atomic mass is 16.5. The molecule has 0 aliphatic carbocycles. The van der Waals surface area contributed by atoms with Crippen molar-refractivity contribution in [1.29, 1.82) is 0 Å². The van der Waals surface area contributed by atoms with Crippen molar-refractivity contribution >= 4 is 5.78 Å². The van der Waals surface area contributed by atoms with Gasteiger partial charge in [0.1, 0.15) is 11.5 Å². The molecule has 0 spiro atoms. The molecule has 3 nitrogen and oxygen atoms in total. The number of phenols is 1. The number of phenolic OH excluding ortho intramolecular Hbond substituents is 1. The van der Waals surface area contributed by atoms with Crippen molar-refractivity contribution in [1.82, 2.24) is 0 Å². The third-order valence-corrected chi connectivity index (χ3v) is 2.23. The van der Waals surface area contributed by atoms with E-state index >= 15 is 0 Å². The van der Waals surface area contributed by atoms with Crippen molar-refractivity contribution in [2.45, 2.75) is 13.3 Å². The van der Waals surface area contributed by atoms with Gasteiger partial charge < -0.3 is 9.84 Å². The molecule has 0 aromatic heterocycles. The van der Waals surface area contributed by atoms with Gasteiger partial charge in [0, 0.05) is 12.0 Å². The normalized spacial score (nSPS) is 13.2. The number of ether oxygens (including phenoxy) is 1. The van der Waals surface area contributed by atoms with E-state index in [1.165, 1.54) is 6.92 Å². The summed E-state index contributed by atoms with van der Waals surface area (Å²) < 4.78 is 5.19. The van der Waals surface area contributed by atoms with Crippen LogP contribution in [0, 0.1) is 0 Å². The van der Waals surface area contributed by atoms with E-state index in [0.29, 0.717) is 23.3 Å². The Morgan fingerprint density at radius 1 is 1.50 bits per heavy atom. The van der Waals surface area contributed by atoms with E-state index in [0.717, 1.165) is 0 Å². The summed E-state index contributed by atoms with van der Waals surface area (Å²) >= 11 is 0. The molecule has 3 heteroatoms. The molecule has 14 heavy (non-hydrogen) atoms. The molecular formula is C11H10O3. The van der Waals surface area contributed by atoms with Gasteiger partial charge in [0.25, 0.3) is 0 Å². The molecule has 1 N–H and O–H groups in total. The molecule has 0 amide bonds. The Kier molecular flexibility index (Phi) is 2.00. The van der Waals surface area contributed by atoms with Crippen LogP contribution in [-0.2, 0) is 6.42 Å². The average molecular weight is 190 g/mol. The Balaban J connectivity index is 2.57. The SMILES string of the molecule is CC(=O)c1ccc2c(c1O)CC=CO2. The fraction of sp³-hybridized carbons (Fsp3) is 0.182. The van der Waals surface area contributed by atoms with Gasteiger partial charge in [0.15, 0.2) is 5.78 Å². The lowest BCUT2D eigenvalue weighted by molar-refractivity contribution is 0.101. The van der Waals surface area contributed by atoms with Gasteiger partial charge in [-0.05, 0) is 25.1 Å². The molecule has 72 valence electrons. The molecule has 1 aromatic rings. The first kappa shape index (κ1) is 8.81. The van der Waals surface area contributed by atoms with Crippen LogP contribution in [0.15, 0.2) is 24.5 Å². The second-order valence-electron chi connectivity index (χ2n) is 3.19. The van der Waals surface area contributed by atoms with E-state index in [4.69, 9.17) is 4.74 Å². The zero-order valence-electron chi connectivity index (χ0n) is 7.78. The Morgan fingerprint density at radius 3 is 3.00 bits per heavy atom. The maximum Gasteiger partial charge on any atom is 0.163 e. The molecule has 1 aliphatic heterocycles. The molecular weight excluding hydrogens is 180 g/mol. The number of carbonyl (C=O) groups excluding carboxylic acids is 1. The van der Waals surface area contributed by atoms with Gasteiger partial charge in [-0.3, -0.25) is 4.79 Å². The fourth-order valence-corrected chi connectivity index (χ4v) is 1.50. The maximum absolute atomic E-state index is 11.1. The van der Waals surface area contributed by atoms with E-state index in [1.807, 2.05) is 0 Å². The zero-order valence-corrected chi connectivity index (χ0v) is 7.78. The Labute approximate surface area is 81.6 Å². The molecule has 0 fully saturated rings. The predicted octanol–water partition coefficient (Wildman–Crippen LogP) is 2.04. The highest BCUT2D eigenvalue weighted by Crippen LogP contribution is 2.34. The molecule has 0 unspecified atom stereocenters.